The second-order valence-electron chi connectivity index (χ2n) is 6.88. The smallest absolute Gasteiger partial charge is 0.0203 e. The zero-order valence-electron chi connectivity index (χ0n) is 13.5. The first-order chi connectivity index (χ1) is 9.83. The average molecular weight is 272 g/mol. The maximum atomic E-state index is 3.51. The van der Waals surface area contributed by atoms with Crippen LogP contribution in [0.5, 0.6) is 0 Å². The Morgan fingerprint density at radius 1 is 0.900 bits per heavy atom. The molecule has 0 saturated heterocycles. The first kappa shape index (κ1) is 15.7. The number of allylic oxidation sites excluding steroid dienone is 2. The van der Waals surface area contributed by atoms with Crippen LogP contribution in [-0.4, -0.2) is 0 Å². The van der Waals surface area contributed by atoms with E-state index in [1.54, 1.807) is 0 Å². The highest BCUT2D eigenvalue weighted by molar-refractivity contribution is 5.05. The molecule has 2 aliphatic rings. The maximum Gasteiger partial charge on any atom is 0.0203 e. The summed E-state index contributed by atoms with van der Waals surface area (Å²) in [6, 6.07) is 0. The molecule has 0 atom stereocenters. The molecular formula is C20H32. The highest BCUT2D eigenvalue weighted by Gasteiger charge is 2.29. The van der Waals surface area contributed by atoms with Gasteiger partial charge in [0.25, 0.3) is 0 Å². The van der Waals surface area contributed by atoms with Gasteiger partial charge in [-0.2, -0.15) is 0 Å². The van der Waals surface area contributed by atoms with Gasteiger partial charge in [-0.3, -0.25) is 0 Å². The molecule has 0 heterocycles. The van der Waals surface area contributed by atoms with Crippen LogP contribution < -0.4 is 0 Å². The highest BCUT2D eigenvalue weighted by atomic mass is 14.3. The largest absolute Gasteiger partial charge is 0.103 e. The van der Waals surface area contributed by atoms with Gasteiger partial charge in [0, 0.05) is 12.3 Å². The molecule has 112 valence electrons. The predicted molar refractivity (Wildman–Crippen MR) is 88.4 cm³/mol. The molecular weight excluding hydrogens is 240 g/mol. The van der Waals surface area contributed by atoms with E-state index in [9.17, 15) is 0 Å². The number of unbranched alkanes of at least 4 members (excludes halogenated alkanes) is 1. The molecule has 0 aromatic rings. The van der Waals surface area contributed by atoms with Crippen LogP contribution in [-0.2, 0) is 0 Å². The standard InChI is InChI=1S/C20H32/c1-3-5-6-8-18-11-15-20(16-12-18)19-13-9-17(7-4-2)10-14-19/h4,7,17-20H,3,5,9-16H2,1-2H3. The van der Waals surface area contributed by atoms with Gasteiger partial charge in [-0.15, -0.1) is 5.92 Å². The molecule has 0 amide bonds. The van der Waals surface area contributed by atoms with E-state index in [1.165, 1.54) is 57.8 Å². The van der Waals surface area contributed by atoms with Crippen molar-refractivity contribution in [3.63, 3.8) is 0 Å². The van der Waals surface area contributed by atoms with Gasteiger partial charge in [-0.1, -0.05) is 25.0 Å². The molecule has 2 rings (SSSR count). The van der Waals surface area contributed by atoms with Gasteiger partial charge < -0.3 is 0 Å². The third-order valence-corrected chi connectivity index (χ3v) is 5.40. The second-order valence-corrected chi connectivity index (χ2v) is 6.88. The first-order valence-electron chi connectivity index (χ1n) is 8.94. The van der Waals surface area contributed by atoms with E-state index in [2.05, 4.69) is 37.8 Å². The third kappa shape index (κ3) is 4.69. The van der Waals surface area contributed by atoms with Crippen LogP contribution >= 0.6 is 0 Å². The van der Waals surface area contributed by atoms with E-state index in [-0.39, 0.29) is 0 Å². The van der Waals surface area contributed by atoms with Crippen LogP contribution in [0.4, 0.5) is 0 Å². The summed E-state index contributed by atoms with van der Waals surface area (Å²) >= 11 is 0. The lowest BCUT2D eigenvalue weighted by molar-refractivity contribution is 0.168. The SMILES string of the molecule is CC=CC1CCC(C2CCC(C#CCCC)CC2)CC1. The molecule has 0 spiro atoms. The first-order valence-corrected chi connectivity index (χ1v) is 8.94. The Morgan fingerprint density at radius 2 is 1.50 bits per heavy atom. The molecule has 0 bridgehead atoms. The van der Waals surface area contributed by atoms with Gasteiger partial charge in [0.1, 0.15) is 0 Å². The molecule has 0 nitrogen and oxygen atoms in total. The quantitative estimate of drug-likeness (QED) is 0.438. The highest BCUT2D eigenvalue weighted by Crippen LogP contribution is 2.41. The van der Waals surface area contributed by atoms with E-state index >= 15 is 0 Å². The molecule has 0 aliphatic heterocycles. The van der Waals surface area contributed by atoms with Crippen LogP contribution in [0.25, 0.3) is 0 Å². The molecule has 2 saturated carbocycles. The minimum atomic E-state index is 0.720. The van der Waals surface area contributed by atoms with Crippen molar-refractivity contribution in [3.8, 4) is 11.8 Å². The van der Waals surface area contributed by atoms with Gasteiger partial charge >= 0.3 is 0 Å². The fourth-order valence-electron chi connectivity index (χ4n) is 4.16. The summed E-state index contributed by atoms with van der Waals surface area (Å²) in [5.41, 5.74) is 0. The zero-order valence-corrected chi connectivity index (χ0v) is 13.5. The van der Waals surface area contributed by atoms with Gasteiger partial charge in [-0.05, 0) is 82.5 Å². The Hall–Kier alpha value is -0.700. The molecule has 0 aromatic heterocycles. The normalized spacial score (nSPS) is 34.7. The molecule has 0 heteroatoms. The minimum absolute atomic E-state index is 0.720. The molecule has 2 fully saturated rings. The van der Waals surface area contributed by atoms with Crippen LogP contribution in [0.3, 0.4) is 0 Å². The van der Waals surface area contributed by atoms with Crippen LogP contribution in [0.2, 0.25) is 0 Å². The van der Waals surface area contributed by atoms with Gasteiger partial charge in [0.15, 0.2) is 0 Å². The van der Waals surface area contributed by atoms with Crippen molar-refractivity contribution < 1.29 is 0 Å². The van der Waals surface area contributed by atoms with Crippen molar-refractivity contribution in [3.05, 3.63) is 12.2 Å². The summed E-state index contributed by atoms with van der Waals surface area (Å²) in [4.78, 5) is 0. The molecule has 20 heavy (non-hydrogen) atoms. The van der Waals surface area contributed by atoms with E-state index in [4.69, 9.17) is 0 Å². The van der Waals surface area contributed by atoms with Crippen molar-refractivity contribution in [2.45, 2.75) is 78.1 Å². The molecule has 0 radical (unpaired) electrons. The van der Waals surface area contributed by atoms with Crippen molar-refractivity contribution in [1.29, 1.82) is 0 Å². The lowest BCUT2D eigenvalue weighted by Gasteiger charge is -2.36. The zero-order chi connectivity index (χ0) is 14.2. The molecule has 2 aliphatic carbocycles. The topological polar surface area (TPSA) is 0 Å². The van der Waals surface area contributed by atoms with Crippen molar-refractivity contribution >= 4 is 0 Å². The fourth-order valence-corrected chi connectivity index (χ4v) is 4.16. The number of hydrogen-bond donors (Lipinski definition) is 0. The maximum absolute atomic E-state index is 3.51. The van der Waals surface area contributed by atoms with E-state index in [0.717, 1.165) is 30.1 Å². The third-order valence-electron chi connectivity index (χ3n) is 5.40. The van der Waals surface area contributed by atoms with E-state index in [0.29, 0.717) is 0 Å². The summed E-state index contributed by atoms with van der Waals surface area (Å²) < 4.78 is 0. The molecule has 0 aromatic carbocycles. The monoisotopic (exact) mass is 272 g/mol. The van der Waals surface area contributed by atoms with Crippen molar-refractivity contribution in [1.82, 2.24) is 0 Å². The summed E-state index contributed by atoms with van der Waals surface area (Å²) in [7, 11) is 0. The van der Waals surface area contributed by atoms with Crippen molar-refractivity contribution in [2.24, 2.45) is 23.7 Å². The Kier molecular flexibility index (Phi) is 6.71. The van der Waals surface area contributed by atoms with Gasteiger partial charge in [-0.25, -0.2) is 0 Å². The summed E-state index contributed by atoms with van der Waals surface area (Å²) in [6.45, 7) is 4.38. The number of hydrogen-bond acceptors (Lipinski definition) is 0. The van der Waals surface area contributed by atoms with E-state index in [1.807, 2.05) is 0 Å². The minimum Gasteiger partial charge on any atom is -0.103 e. The van der Waals surface area contributed by atoms with Crippen LogP contribution in [0.15, 0.2) is 12.2 Å². The fraction of sp³-hybridized carbons (Fsp3) is 0.800. The van der Waals surface area contributed by atoms with Crippen LogP contribution in [0, 0.1) is 35.5 Å². The van der Waals surface area contributed by atoms with E-state index < -0.39 is 0 Å². The Labute approximate surface area is 126 Å². The van der Waals surface area contributed by atoms with Gasteiger partial charge in [0.05, 0.1) is 0 Å². The lowest BCUT2D eigenvalue weighted by atomic mass is 9.69. The summed E-state index contributed by atoms with van der Waals surface area (Å²) in [5, 5.41) is 0. The molecule has 0 N–H and O–H groups in total. The lowest BCUT2D eigenvalue weighted by Crippen LogP contribution is -2.25. The Bertz CT molecular complexity index is 338. The van der Waals surface area contributed by atoms with Crippen LogP contribution in [0.1, 0.15) is 78.1 Å². The predicted octanol–water partition coefficient (Wildman–Crippen LogP) is 5.98. The molecule has 0 unspecified atom stereocenters. The number of rotatable bonds is 3. The van der Waals surface area contributed by atoms with Crippen molar-refractivity contribution in [2.75, 3.05) is 0 Å². The second kappa shape index (κ2) is 8.56. The van der Waals surface area contributed by atoms with Gasteiger partial charge in [0.2, 0.25) is 0 Å². The summed E-state index contributed by atoms with van der Waals surface area (Å²) in [6.07, 6.45) is 18.4. The Morgan fingerprint density at radius 3 is 2.05 bits per heavy atom. The summed E-state index contributed by atoms with van der Waals surface area (Å²) in [5.74, 6) is 10.5. The average Bonchev–Trinajstić information content (AvgIpc) is 2.49. The Balaban J connectivity index is 1.71.